The van der Waals surface area contributed by atoms with E-state index in [4.69, 9.17) is 4.52 Å². The second-order valence-corrected chi connectivity index (χ2v) is 4.77. The third-order valence-electron chi connectivity index (χ3n) is 3.36. The predicted molar refractivity (Wildman–Crippen MR) is 72.3 cm³/mol. The molecule has 3 rings (SSSR count). The molecule has 1 fully saturated rings. The van der Waals surface area contributed by atoms with Gasteiger partial charge in [0.1, 0.15) is 5.76 Å². The lowest BCUT2D eigenvalue weighted by molar-refractivity contribution is 0.0979. The molecule has 0 spiro atoms. The van der Waals surface area contributed by atoms with Gasteiger partial charge in [0.2, 0.25) is 0 Å². The molecule has 4 nitrogen and oxygen atoms in total. The number of para-hydroxylation sites is 1. The quantitative estimate of drug-likeness (QED) is 0.843. The zero-order valence-electron chi connectivity index (χ0n) is 10.9. The second-order valence-electron chi connectivity index (χ2n) is 4.77. The highest BCUT2D eigenvalue weighted by Crippen LogP contribution is 2.40. The van der Waals surface area contributed by atoms with E-state index in [9.17, 15) is 4.79 Å². The lowest BCUT2D eigenvalue weighted by atomic mass is 10.2. The van der Waals surface area contributed by atoms with E-state index >= 15 is 0 Å². The van der Waals surface area contributed by atoms with Crippen LogP contribution in [0.15, 0.2) is 40.9 Å². The van der Waals surface area contributed by atoms with Crippen LogP contribution in [-0.4, -0.2) is 17.6 Å². The Bertz CT molecular complexity index is 573. The number of aromatic nitrogens is 1. The number of nitrogens with zero attached hydrogens (tertiary/aromatic N) is 2. The third kappa shape index (κ3) is 2.38. The molecule has 1 heterocycles. The molecule has 2 aromatic rings. The SMILES string of the molecule is CCN(C(=O)c1cc(C2CC2)on1)c1ccccc1. The first kappa shape index (κ1) is 12.0. The number of hydrogen-bond donors (Lipinski definition) is 0. The smallest absolute Gasteiger partial charge is 0.280 e. The maximum absolute atomic E-state index is 12.4. The molecule has 0 unspecified atom stereocenters. The topological polar surface area (TPSA) is 46.3 Å². The summed E-state index contributed by atoms with van der Waals surface area (Å²) in [7, 11) is 0. The van der Waals surface area contributed by atoms with Gasteiger partial charge in [0.25, 0.3) is 5.91 Å². The molecule has 1 aromatic carbocycles. The Morgan fingerprint density at radius 1 is 1.37 bits per heavy atom. The Morgan fingerprint density at radius 3 is 2.74 bits per heavy atom. The lowest BCUT2D eigenvalue weighted by Gasteiger charge is -2.19. The maximum Gasteiger partial charge on any atom is 0.280 e. The molecule has 1 aliphatic rings. The van der Waals surface area contributed by atoms with Crippen LogP contribution in [0.1, 0.15) is 41.9 Å². The summed E-state index contributed by atoms with van der Waals surface area (Å²) in [6.45, 7) is 2.56. The van der Waals surface area contributed by atoms with Crippen molar-refractivity contribution in [2.75, 3.05) is 11.4 Å². The standard InChI is InChI=1S/C15H16N2O2/c1-2-17(12-6-4-3-5-7-12)15(18)13-10-14(19-16-13)11-8-9-11/h3-7,10-11H,2,8-9H2,1H3. The molecule has 0 atom stereocenters. The van der Waals surface area contributed by atoms with Crippen molar-refractivity contribution in [1.29, 1.82) is 0 Å². The van der Waals surface area contributed by atoms with Crippen molar-refractivity contribution in [2.24, 2.45) is 0 Å². The predicted octanol–water partition coefficient (Wildman–Crippen LogP) is 3.22. The number of rotatable bonds is 4. The van der Waals surface area contributed by atoms with Gasteiger partial charge in [-0.1, -0.05) is 23.4 Å². The van der Waals surface area contributed by atoms with Gasteiger partial charge in [-0.15, -0.1) is 0 Å². The first-order valence-electron chi connectivity index (χ1n) is 6.63. The zero-order chi connectivity index (χ0) is 13.2. The van der Waals surface area contributed by atoms with Crippen LogP contribution in [0.4, 0.5) is 5.69 Å². The summed E-state index contributed by atoms with van der Waals surface area (Å²) in [6, 6.07) is 11.4. The number of carbonyl (C=O) groups excluding carboxylic acids is 1. The van der Waals surface area contributed by atoms with Crippen LogP contribution in [-0.2, 0) is 0 Å². The number of hydrogen-bond acceptors (Lipinski definition) is 3. The highest BCUT2D eigenvalue weighted by Gasteiger charge is 2.29. The Morgan fingerprint density at radius 2 is 2.11 bits per heavy atom. The van der Waals surface area contributed by atoms with Crippen LogP contribution in [0.25, 0.3) is 0 Å². The highest BCUT2D eigenvalue weighted by molar-refractivity contribution is 6.04. The average molecular weight is 256 g/mol. The minimum Gasteiger partial charge on any atom is -0.360 e. The van der Waals surface area contributed by atoms with Crippen LogP contribution in [0.5, 0.6) is 0 Å². The summed E-state index contributed by atoms with van der Waals surface area (Å²) in [5.41, 5.74) is 1.28. The van der Waals surface area contributed by atoms with Crippen molar-refractivity contribution in [3.05, 3.63) is 47.9 Å². The van der Waals surface area contributed by atoms with Crippen LogP contribution < -0.4 is 4.90 Å². The van der Waals surface area contributed by atoms with Crippen LogP contribution in [0.3, 0.4) is 0 Å². The summed E-state index contributed by atoms with van der Waals surface area (Å²) >= 11 is 0. The van der Waals surface area contributed by atoms with E-state index in [0.717, 1.165) is 24.3 Å². The largest absolute Gasteiger partial charge is 0.360 e. The lowest BCUT2D eigenvalue weighted by Crippen LogP contribution is -2.30. The molecule has 98 valence electrons. The molecule has 0 bridgehead atoms. The van der Waals surface area contributed by atoms with E-state index in [1.54, 1.807) is 11.0 Å². The van der Waals surface area contributed by atoms with E-state index < -0.39 is 0 Å². The Labute approximate surface area is 112 Å². The van der Waals surface area contributed by atoms with Crippen molar-refractivity contribution in [3.8, 4) is 0 Å². The van der Waals surface area contributed by atoms with E-state index in [-0.39, 0.29) is 5.91 Å². The van der Waals surface area contributed by atoms with Crippen molar-refractivity contribution in [3.63, 3.8) is 0 Å². The molecule has 0 radical (unpaired) electrons. The van der Waals surface area contributed by atoms with Gasteiger partial charge < -0.3 is 9.42 Å². The van der Waals surface area contributed by atoms with Crippen LogP contribution in [0, 0.1) is 0 Å². The first-order chi connectivity index (χ1) is 9.29. The summed E-state index contributed by atoms with van der Waals surface area (Å²) in [5.74, 6) is 1.21. The fourth-order valence-corrected chi connectivity index (χ4v) is 2.14. The number of anilines is 1. The van der Waals surface area contributed by atoms with Gasteiger partial charge in [-0.2, -0.15) is 0 Å². The van der Waals surface area contributed by atoms with Gasteiger partial charge in [-0.05, 0) is 31.9 Å². The molecule has 1 aliphatic carbocycles. The molecule has 0 saturated heterocycles. The van der Waals surface area contributed by atoms with Gasteiger partial charge >= 0.3 is 0 Å². The van der Waals surface area contributed by atoms with Crippen molar-refractivity contribution in [2.45, 2.75) is 25.7 Å². The van der Waals surface area contributed by atoms with Crippen molar-refractivity contribution < 1.29 is 9.32 Å². The van der Waals surface area contributed by atoms with E-state index in [1.807, 2.05) is 37.3 Å². The minimum absolute atomic E-state index is 0.107. The third-order valence-corrected chi connectivity index (χ3v) is 3.36. The van der Waals surface area contributed by atoms with Gasteiger partial charge in [-0.25, -0.2) is 0 Å². The second kappa shape index (κ2) is 4.88. The fourth-order valence-electron chi connectivity index (χ4n) is 2.14. The summed E-state index contributed by atoms with van der Waals surface area (Å²) < 4.78 is 5.24. The van der Waals surface area contributed by atoms with Crippen LogP contribution >= 0.6 is 0 Å². The average Bonchev–Trinajstić information content (AvgIpc) is 3.18. The van der Waals surface area contributed by atoms with E-state index in [1.165, 1.54) is 0 Å². The number of benzene rings is 1. The summed E-state index contributed by atoms with van der Waals surface area (Å²) in [6.07, 6.45) is 2.28. The molecule has 0 N–H and O–H groups in total. The first-order valence-corrected chi connectivity index (χ1v) is 6.63. The normalized spacial score (nSPS) is 14.4. The van der Waals surface area contributed by atoms with Crippen LogP contribution in [0.2, 0.25) is 0 Å². The molecule has 1 amide bonds. The molecule has 0 aliphatic heterocycles. The number of carbonyl (C=O) groups is 1. The van der Waals surface area contributed by atoms with Gasteiger partial charge in [0, 0.05) is 24.2 Å². The molecular formula is C15H16N2O2. The van der Waals surface area contributed by atoms with E-state index in [0.29, 0.717) is 18.2 Å². The van der Waals surface area contributed by atoms with Gasteiger partial charge in [-0.3, -0.25) is 4.79 Å². The monoisotopic (exact) mass is 256 g/mol. The number of amides is 1. The fraction of sp³-hybridized carbons (Fsp3) is 0.333. The molecular weight excluding hydrogens is 240 g/mol. The van der Waals surface area contributed by atoms with Gasteiger partial charge in [0.15, 0.2) is 5.69 Å². The van der Waals surface area contributed by atoms with Crippen molar-refractivity contribution in [1.82, 2.24) is 5.16 Å². The summed E-state index contributed by atoms with van der Waals surface area (Å²) in [4.78, 5) is 14.1. The Kier molecular flexibility index (Phi) is 3.07. The van der Waals surface area contributed by atoms with Crippen molar-refractivity contribution >= 4 is 11.6 Å². The molecule has 1 saturated carbocycles. The zero-order valence-corrected chi connectivity index (χ0v) is 10.9. The minimum atomic E-state index is -0.107. The maximum atomic E-state index is 12.4. The highest BCUT2D eigenvalue weighted by atomic mass is 16.5. The Balaban J connectivity index is 1.84. The Hall–Kier alpha value is -2.10. The molecule has 4 heteroatoms. The van der Waals surface area contributed by atoms with E-state index in [2.05, 4.69) is 5.16 Å². The molecule has 1 aromatic heterocycles. The van der Waals surface area contributed by atoms with Gasteiger partial charge in [0.05, 0.1) is 0 Å². The molecule has 19 heavy (non-hydrogen) atoms. The summed E-state index contributed by atoms with van der Waals surface area (Å²) in [5, 5.41) is 3.91.